The maximum absolute atomic E-state index is 11.7. The molecule has 5 rings (SSSR count). The number of aliphatic imine (C=N–C) groups is 1. The van der Waals surface area contributed by atoms with Gasteiger partial charge in [0.05, 0.1) is 5.69 Å². The second-order valence-corrected chi connectivity index (χ2v) is 12.0. The van der Waals surface area contributed by atoms with Gasteiger partial charge >= 0.3 is 0 Å². The minimum Gasteiger partial charge on any atom is -0.507 e. The van der Waals surface area contributed by atoms with Crippen LogP contribution in [-0.2, 0) is 0 Å². The SMILES string of the molecule is Oc1c(C=Nc2ccccc2)cccc1[Si](c1ccccc1)(c1ccccc1)c1ccccc1. The van der Waals surface area contributed by atoms with E-state index in [9.17, 15) is 5.11 Å². The molecule has 1 N–H and O–H groups in total. The van der Waals surface area contributed by atoms with E-state index in [1.165, 1.54) is 15.6 Å². The molecular formula is C31H25NOSi. The second kappa shape index (κ2) is 9.73. The Labute approximate surface area is 201 Å². The predicted octanol–water partition coefficient (Wildman–Crippen LogP) is 4.52. The summed E-state index contributed by atoms with van der Waals surface area (Å²) < 4.78 is 0. The Kier molecular flexibility index (Phi) is 6.19. The molecule has 164 valence electrons. The first-order chi connectivity index (χ1) is 16.8. The van der Waals surface area contributed by atoms with Crippen molar-refractivity contribution in [2.45, 2.75) is 0 Å². The predicted molar refractivity (Wildman–Crippen MR) is 145 cm³/mol. The number of benzene rings is 5. The van der Waals surface area contributed by atoms with E-state index in [0.29, 0.717) is 5.56 Å². The third-order valence-corrected chi connectivity index (χ3v) is 11.0. The molecule has 2 nitrogen and oxygen atoms in total. The fourth-order valence-electron chi connectivity index (χ4n) is 4.66. The molecule has 0 atom stereocenters. The Morgan fingerprint density at radius 3 is 1.41 bits per heavy atom. The molecule has 0 saturated carbocycles. The summed E-state index contributed by atoms with van der Waals surface area (Å²) >= 11 is 0. The van der Waals surface area contributed by atoms with Gasteiger partial charge in [0.1, 0.15) is 5.75 Å². The third-order valence-electron chi connectivity index (χ3n) is 6.20. The van der Waals surface area contributed by atoms with Crippen LogP contribution in [0.3, 0.4) is 0 Å². The van der Waals surface area contributed by atoms with Crippen LogP contribution in [0.25, 0.3) is 0 Å². The Morgan fingerprint density at radius 1 is 0.500 bits per heavy atom. The first-order valence-electron chi connectivity index (χ1n) is 11.4. The maximum Gasteiger partial charge on any atom is 0.183 e. The van der Waals surface area contributed by atoms with Crippen LogP contribution >= 0.6 is 0 Å². The highest BCUT2D eigenvalue weighted by Crippen LogP contribution is 2.20. The molecule has 0 unspecified atom stereocenters. The number of para-hydroxylation sites is 2. The zero-order valence-corrected chi connectivity index (χ0v) is 19.8. The van der Waals surface area contributed by atoms with Crippen LogP contribution in [-0.4, -0.2) is 19.4 Å². The summed E-state index contributed by atoms with van der Waals surface area (Å²) in [4.78, 5) is 4.61. The molecule has 0 radical (unpaired) electrons. The minimum absolute atomic E-state index is 0.283. The first kappa shape index (κ1) is 21.6. The summed E-state index contributed by atoms with van der Waals surface area (Å²) in [5, 5.41) is 16.3. The molecule has 0 bridgehead atoms. The van der Waals surface area contributed by atoms with E-state index in [1.807, 2.05) is 60.7 Å². The van der Waals surface area contributed by atoms with Gasteiger partial charge in [-0.1, -0.05) is 121 Å². The van der Waals surface area contributed by atoms with Gasteiger partial charge in [0.25, 0.3) is 0 Å². The van der Waals surface area contributed by atoms with E-state index in [-0.39, 0.29) is 5.75 Å². The van der Waals surface area contributed by atoms with Crippen molar-refractivity contribution in [1.82, 2.24) is 0 Å². The Morgan fingerprint density at radius 2 is 0.941 bits per heavy atom. The largest absolute Gasteiger partial charge is 0.507 e. The van der Waals surface area contributed by atoms with Crippen LogP contribution in [0.15, 0.2) is 145 Å². The molecule has 0 amide bonds. The van der Waals surface area contributed by atoms with E-state index in [0.717, 1.165) is 10.9 Å². The number of hydrogen-bond donors (Lipinski definition) is 1. The number of phenols is 1. The van der Waals surface area contributed by atoms with E-state index >= 15 is 0 Å². The second-order valence-electron chi connectivity index (χ2n) is 8.19. The molecule has 0 aliphatic carbocycles. The lowest BCUT2D eigenvalue weighted by Crippen LogP contribution is -2.74. The molecule has 0 saturated heterocycles. The van der Waals surface area contributed by atoms with Gasteiger partial charge in [-0.2, -0.15) is 0 Å². The quantitative estimate of drug-likeness (QED) is 0.228. The zero-order chi connectivity index (χ0) is 23.2. The number of nitrogens with zero attached hydrogens (tertiary/aromatic N) is 1. The molecule has 0 aromatic heterocycles. The molecule has 0 aliphatic rings. The molecule has 3 heteroatoms. The molecule has 0 spiro atoms. The molecule has 5 aromatic rings. The summed E-state index contributed by atoms with van der Waals surface area (Å²) in [6, 6.07) is 47.6. The molecule has 0 aliphatic heterocycles. The van der Waals surface area contributed by atoms with Crippen molar-refractivity contribution in [3.8, 4) is 5.75 Å². The van der Waals surface area contributed by atoms with Crippen LogP contribution in [0.1, 0.15) is 5.56 Å². The summed E-state index contributed by atoms with van der Waals surface area (Å²) in [5.41, 5.74) is 1.56. The van der Waals surface area contributed by atoms with Gasteiger partial charge < -0.3 is 5.11 Å². The van der Waals surface area contributed by atoms with Gasteiger partial charge in [0, 0.05) is 11.8 Å². The van der Waals surface area contributed by atoms with Crippen molar-refractivity contribution < 1.29 is 5.11 Å². The fourth-order valence-corrected chi connectivity index (χ4v) is 9.51. The molecule has 34 heavy (non-hydrogen) atoms. The maximum atomic E-state index is 11.7. The fraction of sp³-hybridized carbons (Fsp3) is 0. The summed E-state index contributed by atoms with van der Waals surface area (Å²) in [6.07, 6.45) is 1.76. The Hall–Kier alpha value is -4.21. The molecule has 0 fully saturated rings. The lowest BCUT2D eigenvalue weighted by Gasteiger charge is -2.35. The number of phenolic OH excluding ortho intramolecular Hbond substituents is 1. The van der Waals surface area contributed by atoms with Crippen LogP contribution in [0, 0.1) is 0 Å². The number of aromatic hydroxyl groups is 1. The Bertz CT molecular complexity index is 1290. The molecular weight excluding hydrogens is 430 g/mol. The highest BCUT2D eigenvalue weighted by molar-refractivity contribution is 7.20. The van der Waals surface area contributed by atoms with Gasteiger partial charge in [-0.3, -0.25) is 4.99 Å². The van der Waals surface area contributed by atoms with Crippen molar-refractivity contribution in [1.29, 1.82) is 0 Å². The normalized spacial score (nSPS) is 11.5. The average Bonchev–Trinajstić information content (AvgIpc) is 2.92. The third kappa shape index (κ3) is 3.98. The minimum atomic E-state index is -2.80. The van der Waals surface area contributed by atoms with Crippen molar-refractivity contribution in [3.05, 3.63) is 145 Å². The van der Waals surface area contributed by atoms with Crippen LogP contribution < -0.4 is 20.7 Å². The van der Waals surface area contributed by atoms with E-state index in [1.54, 1.807) is 6.21 Å². The van der Waals surface area contributed by atoms with E-state index in [2.05, 4.69) is 83.9 Å². The summed E-state index contributed by atoms with van der Waals surface area (Å²) in [5.74, 6) is 0.283. The highest BCUT2D eigenvalue weighted by atomic mass is 28.3. The molecule has 0 heterocycles. The van der Waals surface area contributed by atoms with Crippen LogP contribution in [0.2, 0.25) is 0 Å². The van der Waals surface area contributed by atoms with Gasteiger partial charge in [0.15, 0.2) is 8.07 Å². The first-order valence-corrected chi connectivity index (χ1v) is 13.4. The number of hydrogen-bond acceptors (Lipinski definition) is 2. The summed E-state index contributed by atoms with van der Waals surface area (Å²) in [7, 11) is -2.80. The van der Waals surface area contributed by atoms with Gasteiger partial charge in [-0.25, -0.2) is 0 Å². The standard InChI is InChI=1S/C31H25NOSi/c33-31-25(24-32-26-15-5-1-6-16-26)14-13-23-30(31)34(27-17-7-2-8-18-27,28-19-9-3-10-20-28)29-21-11-4-12-22-29/h1-24,33H. The zero-order valence-electron chi connectivity index (χ0n) is 18.8. The van der Waals surface area contributed by atoms with E-state index < -0.39 is 8.07 Å². The van der Waals surface area contributed by atoms with Crippen molar-refractivity contribution in [2.75, 3.05) is 0 Å². The highest BCUT2D eigenvalue weighted by Gasteiger charge is 2.43. The van der Waals surface area contributed by atoms with Crippen LogP contribution in [0.5, 0.6) is 5.75 Å². The lowest BCUT2D eigenvalue weighted by atomic mass is 10.2. The van der Waals surface area contributed by atoms with Crippen molar-refractivity contribution in [2.24, 2.45) is 4.99 Å². The smallest absolute Gasteiger partial charge is 0.183 e. The van der Waals surface area contributed by atoms with Gasteiger partial charge in [-0.05, 0) is 38.9 Å². The van der Waals surface area contributed by atoms with E-state index in [4.69, 9.17) is 0 Å². The van der Waals surface area contributed by atoms with Gasteiger partial charge in [-0.15, -0.1) is 0 Å². The average molecular weight is 456 g/mol. The number of rotatable bonds is 6. The molecule has 5 aromatic carbocycles. The lowest BCUT2D eigenvalue weighted by molar-refractivity contribution is 0.478. The topological polar surface area (TPSA) is 32.6 Å². The Balaban J connectivity index is 1.80. The van der Waals surface area contributed by atoms with Gasteiger partial charge in [0.2, 0.25) is 0 Å². The van der Waals surface area contributed by atoms with Crippen LogP contribution in [0.4, 0.5) is 5.69 Å². The van der Waals surface area contributed by atoms with Crippen molar-refractivity contribution in [3.63, 3.8) is 0 Å². The monoisotopic (exact) mass is 455 g/mol. The summed E-state index contributed by atoms with van der Waals surface area (Å²) in [6.45, 7) is 0. The van der Waals surface area contributed by atoms with Crippen molar-refractivity contribution >= 4 is 40.7 Å².